The van der Waals surface area contributed by atoms with Crippen LogP contribution in [0.1, 0.15) is 17.1 Å². The highest BCUT2D eigenvalue weighted by Gasteiger charge is 2.24. The maximum atomic E-state index is 11.0. The van der Waals surface area contributed by atoms with Gasteiger partial charge in [-0.3, -0.25) is 4.79 Å². The highest BCUT2D eigenvalue weighted by Crippen LogP contribution is 2.28. The molecule has 0 spiro atoms. The van der Waals surface area contributed by atoms with E-state index in [1.165, 1.54) is 0 Å². The van der Waals surface area contributed by atoms with Gasteiger partial charge in [0.1, 0.15) is 12.1 Å². The lowest BCUT2D eigenvalue weighted by Crippen LogP contribution is -2.36. The average molecular weight is 220 g/mol. The molecule has 82 valence electrons. The Morgan fingerprint density at radius 2 is 2.27 bits per heavy atom. The second-order valence-electron chi connectivity index (χ2n) is 2.59. The lowest BCUT2D eigenvalue weighted by atomic mass is 10.0. The van der Waals surface area contributed by atoms with Gasteiger partial charge in [0.25, 0.3) is 2.86 Å². The highest BCUT2D eigenvalue weighted by atomic mass is 16.4. The number of benzene rings is 1. The van der Waals surface area contributed by atoms with Crippen LogP contribution in [0.2, 0.25) is 0 Å². The van der Waals surface area contributed by atoms with Crippen LogP contribution >= 0.6 is 0 Å². The van der Waals surface area contributed by atoms with Gasteiger partial charge in [0, 0.05) is 0 Å². The standard InChI is InChI=1S/C9H11NO5/c10-7(9(14)15)8(13)4-1-2-5(11)6(12)3-4/h1-3,7-8,11-13H,10H2,(H,14,15)/t7-,8-/m0/s1/i1D,2D,3D,8D,13D/hD2. The predicted molar refractivity (Wildman–Crippen MR) is 50.3 cm³/mol. The maximum Gasteiger partial charge on any atom is 0.323 e. The Balaban J connectivity index is 3.80. The van der Waals surface area contributed by atoms with E-state index in [1.807, 2.05) is 0 Å². The normalized spacial score (nSPS) is 22.6. The summed E-state index contributed by atoms with van der Waals surface area (Å²) in [5, 5.41) is 21.0. The van der Waals surface area contributed by atoms with Crippen molar-refractivity contribution in [1.82, 2.24) is 0 Å². The van der Waals surface area contributed by atoms with Gasteiger partial charge in [0.15, 0.2) is 11.5 Å². The first-order chi connectivity index (χ1) is 10.2. The molecule has 0 unspecified atom stereocenters. The van der Waals surface area contributed by atoms with Crippen molar-refractivity contribution in [2.45, 2.75) is 12.1 Å². The molecule has 2 atom stereocenters. The van der Waals surface area contributed by atoms with Crippen LogP contribution in [0.15, 0.2) is 18.1 Å². The van der Waals surface area contributed by atoms with Gasteiger partial charge in [0.05, 0.1) is 5.48 Å². The zero-order chi connectivity index (χ0) is 17.2. The topological polar surface area (TPSA) is 124 Å². The van der Waals surface area contributed by atoms with E-state index in [-0.39, 0.29) is 0 Å². The van der Waals surface area contributed by atoms with Crippen LogP contribution < -0.4 is 5.73 Å². The van der Waals surface area contributed by atoms with Crippen molar-refractivity contribution >= 4 is 5.97 Å². The van der Waals surface area contributed by atoms with Crippen LogP contribution in [0, 0.1) is 0 Å². The molecule has 0 aliphatic heterocycles. The van der Waals surface area contributed by atoms with Gasteiger partial charge in [-0.1, -0.05) is 6.04 Å². The fraction of sp³-hybridized carbons (Fsp3) is 0.222. The molecule has 15 heavy (non-hydrogen) atoms. The Bertz CT molecular complexity index is 600. The number of phenols is 2. The van der Waals surface area contributed by atoms with Crippen molar-refractivity contribution in [2.75, 3.05) is 0 Å². The number of nitrogens with two attached hydrogens (primary N) is 1. The molecule has 0 amide bonds. The van der Waals surface area contributed by atoms with Gasteiger partial charge in [-0.15, -0.1) is 0 Å². The van der Waals surface area contributed by atoms with Gasteiger partial charge in [-0.25, -0.2) is 0 Å². The first-order valence-corrected chi connectivity index (χ1v) is 3.70. The molecule has 0 saturated heterocycles. The Morgan fingerprint density at radius 1 is 1.53 bits per heavy atom. The van der Waals surface area contributed by atoms with E-state index in [2.05, 4.69) is 15.3 Å². The SMILES string of the molecule is [2H]Oc1c([2H])c([2H])c([C@]([2H])(O[2H])[C@H](N)C(=O)O)c([2H])c1O[2H]. The number of carboxylic acids is 1. The number of aliphatic carboxylic acids is 1. The zero-order valence-electron chi connectivity index (χ0n) is 14.2. The minimum atomic E-state index is -2.91. The minimum Gasteiger partial charge on any atom is -0.504 e. The monoisotopic (exact) mass is 220 g/mol. The largest absolute Gasteiger partial charge is 0.504 e. The Kier molecular flexibility index (Phi) is 1.34. The summed E-state index contributed by atoms with van der Waals surface area (Å²) in [6, 6.07) is -4.85. The number of hydrogen-bond donors (Lipinski definition) is 5. The van der Waals surface area contributed by atoms with E-state index in [0.29, 0.717) is 0 Å². The number of rotatable bonds is 6. The van der Waals surface area contributed by atoms with Crippen LogP contribution in [0.4, 0.5) is 0 Å². The third-order valence-electron chi connectivity index (χ3n) is 1.54. The summed E-state index contributed by atoms with van der Waals surface area (Å²) in [4.78, 5) is 11.0. The molecule has 1 aromatic carbocycles. The van der Waals surface area contributed by atoms with Crippen molar-refractivity contribution in [3.8, 4) is 11.5 Å². The lowest BCUT2D eigenvalue weighted by Gasteiger charge is -2.15. The molecule has 0 heterocycles. The fourth-order valence-corrected chi connectivity index (χ4v) is 0.768. The molecule has 1 aromatic rings. The zero-order valence-corrected chi connectivity index (χ0v) is 7.23. The van der Waals surface area contributed by atoms with E-state index in [4.69, 9.17) is 20.6 Å². The molecule has 0 fully saturated rings. The van der Waals surface area contributed by atoms with E-state index >= 15 is 0 Å². The van der Waals surface area contributed by atoms with Crippen molar-refractivity contribution in [1.29, 1.82) is 4.29 Å². The van der Waals surface area contributed by atoms with E-state index in [9.17, 15) is 4.79 Å². The summed E-state index contributed by atoms with van der Waals surface area (Å²) in [5.74, 6) is -3.30. The second kappa shape index (κ2) is 4.16. The van der Waals surface area contributed by atoms with Crippen molar-refractivity contribution < 1.29 is 30.7 Å². The molecule has 0 saturated carbocycles. The number of carbonyl (C=O) groups is 1. The Hall–Kier alpha value is -1.79. The van der Waals surface area contributed by atoms with Crippen LogP contribution in [-0.4, -0.2) is 36.7 Å². The number of hydrogen-bond acceptors (Lipinski definition) is 5. The van der Waals surface area contributed by atoms with Gasteiger partial charge in [-0.05, 0) is 17.6 Å². The quantitative estimate of drug-likeness (QED) is 0.413. The summed E-state index contributed by atoms with van der Waals surface area (Å²) in [6.07, 6.45) is -2.91. The van der Waals surface area contributed by atoms with Crippen molar-refractivity contribution in [3.05, 3.63) is 23.7 Å². The highest BCUT2D eigenvalue weighted by molar-refractivity contribution is 5.74. The Labute approximate surface area is 95.3 Å². The molecule has 6 nitrogen and oxygen atoms in total. The molecule has 0 aliphatic carbocycles. The number of aromatic hydroxyl groups is 2. The molecule has 1 rings (SSSR count). The molecular formula is C9H11NO5. The van der Waals surface area contributed by atoms with Gasteiger partial charge in [-0.2, -0.15) is 0 Å². The Morgan fingerprint density at radius 3 is 2.80 bits per heavy atom. The van der Waals surface area contributed by atoms with Gasteiger partial charge >= 0.3 is 5.97 Å². The molecule has 0 bridgehead atoms. The summed E-state index contributed by atoms with van der Waals surface area (Å²) in [6.45, 7) is 0. The van der Waals surface area contributed by atoms with E-state index < -0.39 is 53.3 Å². The summed E-state index contributed by atoms with van der Waals surface area (Å²) in [7, 11) is 0. The third kappa shape index (κ3) is 2.36. The molecule has 6 N–H and O–H groups in total. The summed E-state index contributed by atoms with van der Waals surface area (Å²) < 4.78 is 51.5. The summed E-state index contributed by atoms with van der Waals surface area (Å²) in [5.41, 5.74) is 4.40. The maximum absolute atomic E-state index is 11.0. The fourth-order valence-electron chi connectivity index (χ4n) is 0.768. The van der Waals surface area contributed by atoms with Gasteiger partial charge in [0.2, 0.25) is 1.43 Å². The van der Waals surface area contributed by atoms with Crippen molar-refractivity contribution in [2.24, 2.45) is 5.73 Å². The van der Waals surface area contributed by atoms with Gasteiger partial charge < -0.3 is 26.2 Å². The first-order valence-electron chi connectivity index (χ1n) is 6.93. The molecule has 6 heteroatoms. The molecular weight excluding hydrogens is 202 g/mol. The first kappa shape index (κ1) is 4.82. The minimum absolute atomic E-state index is 0.745. The van der Waals surface area contributed by atoms with Crippen LogP contribution in [0.5, 0.6) is 11.5 Å². The predicted octanol–water partition coefficient (Wildman–Crippen LogP) is -0.457. The number of aliphatic hydroxyl groups is 1. The van der Waals surface area contributed by atoms with E-state index in [0.717, 1.165) is 0 Å². The van der Waals surface area contributed by atoms with Crippen LogP contribution in [0.25, 0.3) is 0 Å². The van der Waals surface area contributed by atoms with E-state index in [1.54, 1.807) is 0 Å². The summed E-state index contributed by atoms with van der Waals surface area (Å²) >= 11 is 0. The third-order valence-corrected chi connectivity index (χ3v) is 1.54. The van der Waals surface area contributed by atoms with Crippen LogP contribution in [0.3, 0.4) is 0 Å². The van der Waals surface area contributed by atoms with Crippen molar-refractivity contribution in [3.63, 3.8) is 0 Å². The smallest absolute Gasteiger partial charge is 0.323 e. The molecule has 0 aliphatic rings. The average Bonchev–Trinajstić information content (AvgIpc) is 2.49. The molecule has 0 radical (unpaired) electrons. The molecule has 0 aromatic heterocycles. The van der Waals surface area contributed by atoms with Crippen LogP contribution in [-0.2, 0) is 4.79 Å². The number of carboxylic acid groups (broad SMARTS) is 1. The lowest BCUT2D eigenvalue weighted by molar-refractivity contribution is -0.141. The number of phenolic OH excluding ortho intramolecular Hbond substituents is 2. The second-order valence-corrected chi connectivity index (χ2v) is 2.59.